The highest BCUT2D eigenvalue weighted by molar-refractivity contribution is 7.12. The normalized spacial score (nSPS) is 15.1. The van der Waals surface area contributed by atoms with Crippen LogP contribution in [0.15, 0.2) is 41.9 Å². The third kappa shape index (κ3) is 5.11. The van der Waals surface area contributed by atoms with E-state index in [9.17, 15) is 9.59 Å². The third-order valence-corrected chi connectivity index (χ3v) is 5.07. The zero-order valence-corrected chi connectivity index (χ0v) is 14.9. The van der Waals surface area contributed by atoms with Crippen molar-refractivity contribution in [2.45, 2.75) is 13.0 Å². The molecule has 0 aliphatic carbocycles. The standard InChI is InChI=1S/C18H22N4O2S/c23-17(6-8-20-18(24)16-5-3-13-25-16)22-11-9-21(10-12-22)14-15-4-1-2-7-19-15/h1-5,7,13H,6,8-12,14H2,(H,20,24). The maximum absolute atomic E-state index is 12.3. The van der Waals surface area contributed by atoms with Gasteiger partial charge in [0.25, 0.3) is 5.91 Å². The van der Waals surface area contributed by atoms with Crippen LogP contribution in [0.3, 0.4) is 0 Å². The summed E-state index contributed by atoms with van der Waals surface area (Å²) in [6, 6.07) is 9.55. The van der Waals surface area contributed by atoms with Gasteiger partial charge in [-0.3, -0.25) is 19.5 Å². The van der Waals surface area contributed by atoms with Gasteiger partial charge >= 0.3 is 0 Å². The Labute approximate surface area is 151 Å². The Morgan fingerprint density at radius 1 is 1.12 bits per heavy atom. The molecule has 3 rings (SSSR count). The van der Waals surface area contributed by atoms with Crippen LogP contribution >= 0.6 is 11.3 Å². The Balaban J connectivity index is 1.36. The number of aromatic nitrogens is 1. The summed E-state index contributed by atoms with van der Waals surface area (Å²) < 4.78 is 0. The molecule has 0 radical (unpaired) electrons. The van der Waals surface area contributed by atoms with Gasteiger partial charge in [0.2, 0.25) is 5.91 Å². The van der Waals surface area contributed by atoms with Crippen LogP contribution in [0.2, 0.25) is 0 Å². The summed E-state index contributed by atoms with van der Waals surface area (Å²) in [4.78, 5) is 33.3. The number of nitrogens with one attached hydrogen (secondary N) is 1. The van der Waals surface area contributed by atoms with E-state index in [1.807, 2.05) is 34.5 Å². The lowest BCUT2D eigenvalue weighted by atomic mass is 10.2. The number of hydrogen-bond donors (Lipinski definition) is 1. The number of nitrogens with zero attached hydrogens (tertiary/aromatic N) is 3. The summed E-state index contributed by atoms with van der Waals surface area (Å²) in [5, 5.41) is 4.67. The number of hydrogen-bond acceptors (Lipinski definition) is 5. The summed E-state index contributed by atoms with van der Waals surface area (Å²) >= 11 is 1.40. The molecule has 0 spiro atoms. The molecule has 1 N–H and O–H groups in total. The van der Waals surface area contributed by atoms with Crippen molar-refractivity contribution in [3.63, 3.8) is 0 Å². The SMILES string of the molecule is O=C(NCCC(=O)N1CCN(Cc2ccccn2)CC1)c1cccs1. The van der Waals surface area contributed by atoms with Crippen molar-refractivity contribution in [3.8, 4) is 0 Å². The first kappa shape index (κ1) is 17.6. The summed E-state index contributed by atoms with van der Waals surface area (Å²) in [6.07, 6.45) is 2.15. The van der Waals surface area contributed by atoms with Gasteiger partial charge in [0.05, 0.1) is 10.6 Å². The Morgan fingerprint density at radius 2 is 1.96 bits per heavy atom. The number of carbonyl (C=O) groups is 2. The van der Waals surface area contributed by atoms with Gasteiger partial charge in [0.15, 0.2) is 0 Å². The van der Waals surface area contributed by atoms with Crippen LogP contribution in [-0.4, -0.2) is 59.3 Å². The van der Waals surface area contributed by atoms with Crippen molar-refractivity contribution in [2.75, 3.05) is 32.7 Å². The maximum atomic E-state index is 12.3. The van der Waals surface area contributed by atoms with Crippen molar-refractivity contribution >= 4 is 23.2 Å². The molecule has 1 saturated heterocycles. The van der Waals surface area contributed by atoms with Crippen molar-refractivity contribution in [1.82, 2.24) is 20.1 Å². The molecule has 1 aliphatic rings. The molecule has 2 amide bonds. The number of amides is 2. The highest BCUT2D eigenvalue weighted by Gasteiger charge is 2.21. The molecule has 0 bridgehead atoms. The van der Waals surface area contributed by atoms with Gasteiger partial charge in [0.1, 0.15) is 0 Å². The number of pyridine rings is 1. The Hall–Kier alpha value is -2.25. The summed E-state index contributed by atoms with van der Waals surface area (Å²) in [7, 11) is 0. The predicted molar refractivity (Wildman–Crippen MR) is 97.4 cm³/mol. The fourth-order valence-corrected chi connectivity index (χ4v) is 3.45. The third-order valence-electron chi connectivity index (χ3n) is 4.21. The molecule has 132 valence electrons. The minimum absolute atomic E-state index is 0.101. The lowest BCUT2D eigenvalue weighted by Gasteiger charge is -2.34. The minimum atomic E-state index is -0.108. The van der Waals surface area contributed by atoms with Crippen LogP contribution in [0.1, 0.15) is 21.8 Å². The van der Waals surface area contributed by atoms with Gasteiger partial charge in [-0.1, -0.05) is 12.1 Å². The maximum Gasteiger partial charge on any atom is 0.261 e. The number of rotatable bonds is 6. The van der Waals surface area contributed by atoms with Crippen LogP contribution in [0.5, 0.6) is 0 Å². The minimum Gasteiger partial charge on any atom is -0.351 e. The molecule has 25 heavy (non-hydrogen) atoms. The Morgan fingerprint density at radius 3 is 2.64 bits per heavy atom. The summed E-state index contributed by atoms with van der Waals surface area (Å²) in [5.74, 6) is -0.00746. The number of carbonyl (C=O) groups excluding carboxylic acids is 2. The molecule has 1 fully saturated rings. The van der Waals surface area contributed by atoms with Crippen molar-refractivity contribution in [3.05, 3.63) is 52.5 Å². The van der Waals surface area contributed by atoms with Crippen LogP contribution in [0.4, 0.5) is 0 Å². The molecule has 0 unspecified atom stereocenters. The second kappa shape index (κ2) is 8.73. The van der Waals surface area contributed by atoms with E-state index < -0.39 is 0 Å². The van der Waals surface area contributed by atoms with Gasteiger partial charge in [-0.2, -0.15) is 0 Å². The lowest BCUT2D eigenvalue weighted by Crippen LogP contribution is -2.48. The number of piperazine rings is 1. The zero-order chi connectivity index (χ0) is 17.5. The van der Waals surface area contributed by atoms with Gasteiger partial charge < -0.3 is 10.2 Å². The topological polar surface area (TPSA) is 65.5 Å². The van der Waals surface area contributed by atoms with E-state index >= 15 is 0 Å². The van der Waals surface area contributed by atoms with Gasteiger partial charge in [-0.25, -0.2) is 0 Å². The fraction of sp³-hybridized carbons (Fsp3) is 0.389. The van der Waals surface area contributed by atoms with E-state index in [4.69, 9.17) is 0 Å². The lowest BCUT2D eigenvalue weighted by molar-refractivity contribution is -0.132. The average Bonchev–Trinajstić information content (AvgIpc) is 3.18. The molecule has 0 aromatic carbocycles. The molecule has 2 aromatic rings. The van der Waals surface area contributed by atoms with E-state index in [0.717, 1.165) is 38.4 Å². The van der Waals surface area contributed by atoms with E-state index in [2.05, 4.69) is 15.2 Å². The fourth-order valence-electron chi connectivity index (χ4n) is 2.81. The molecule has 7 heteroatoms. The van der Waals surface area contributed by atoms with Crippen LogP contribution in [-0.2, 0) is 11.3 Å². The molecule has 6 nitrogen and oxygen atoms in total. The van der Waals surface area contributed by atoms with Gasteiger partial charge in [-0.15, -0.1) is 11.3 Å². The Kier molecular flexibility index (Phi) is 6.14. The van der Waals surface area contributed by atoms with Crippen molar-refractivity contribution < 1.29 is 9.59 Å². The molecular weight excluding hydrogens is 336 g/mol. The van der Waals surface area contributed by atoms with Crippen LogP contribution in [0.25, 0.3) is 0 Å². The van der Waals surface area contributed by atoms with Crippen molar-refractivity contribution in [1.29, 1.82) is 0 Å². The highest BCUT2D eigenvalue weighted by Crippen LogP contribution is 2.09. The molecular formula is C18H22N4O2S. The molecule has 2 aromatic heterocycles. The first-order valence-corrected chi connectivity index (χ1v) is 9.32. The monoisotopic (exact) mass is 358 g/mol. The molecule has 0 atom stereocenters. The van der Waals surface area contributed by atoms with E-state index in [-0.39, 0.29) is 11.8 Å². The summed E-state index contributed by atoms with van der Waals surface area (Å²) in [5.41, 5.74) is 1.05. The predicted octanol–water partition coefficient (Wildman–Crippen LogP) is 1.61. The van der Waals surface area contributed by atoms with Gasteiger partial charge in [0, 0.05) is 51.9 Å². The molecule has 0 saturated carbocycles. The summed E-state index contributed by atoms with van der Waals surface area (Å²) in [6.45, 7) is 4.35. The first-order chi connectivity index (χ1) is 12.2. The van der Waals surface area contributed by atoms with E-state index in [1.54, 1.807) is 12.3 Å². The smallest absolute Gasteiger partial charge is 0.261 e. The average molecular weight is 358 g/mol. The first-order valence-electron chi connectivity index (χ1n) is 8.44. The zero-order valence-electron chi connectivity index (χ0n) is 14.1. The highest BCUT2D eigenvalue weighted by atomic mass is 32.1. The van der Waals surface area contributed by atoms with Gasteiger partial charge in [-0.05, 0) is 23.6 Å². The van der Waals surface area contributed by atoms with E-state index in [0.29, 0.717) is 17.8 Å². The quantitative estimate of drug-likeness (QED) is 0.852. The van der Waals surface area contributed by atoms with E-state index in [1.165, 1.54) is 11.3 Å². The van der Waals surface area contributed by atoms with Crippen molar-refractivity contribution in [2.24, 2.45) is 0 Å². The van der Waals surface area contributed by atoms with Crippen LogP contribution < -0.4 is 5.32 Å². The second-order valence-corrected chi connectivity index (χ2v) is 6.91. The largest absolute Gasteiger partial charge is 0.351 e. The second-order valence-electron chi connectivity index (χ2n) is 5.96. The molecule has 3 heterocycles. The number of thiophene rings is 1. The van der Waals surface area contributed by atoms with Crippen LogP contribution in [0, 0.1) is 0 Å². The molecule has 1 aliphatic heterocycles. The Bertz CT molecular complexity index is 682.